The van der Waals surface area contributed by atoms with E-state index in [1.807, 2.05) is 12.1 Å². The molecule has 3 heteroatoms. The Morgan fingerprint density at radius 3 is 2.46 bits per heavy atom. The minimum atomic E-state index is 0.364. The first kappa shape index (κ1) is 10.1. The van der Waals surface area contributed by atoms with Crippen molar-refractivity contribution in [3.63, 3.8) is 0 Å². The molecule has 70 valence electrons. The van der Waals surface area contributed by atoms with Gasteiger partial charge in [-0.15, -0.1) is 0 Å². The smallest absolute Gasteiger partial charge is 0.293 e. The standard InChI is InChI=1S/C10H12O2S/c1-13-7-10-4-2-9(3-5-10)6-12-8-11/h2-5,8H,6-7H2,1H3. The van der Waals surface area contributed by atoms with Gasteiger partial charge >= 0.3 is 0 Å². The van der Waals surface area contributed by atoms with Crippen LogP contribution >= 0.6 is 11.8 Å². The highest BCUT2D eigenvalue weighted by atomic mass is 32.2. The van der Waals surface area contributed by atoms with E-state index in [4.69, 9.17) is 0 Å². The summed E-state index contributed by atoms with van der Waals surface area (Å²) < 4.78 is 4.63. The van der Waals surface area contributed by atoms with Gasteiger partial charge in [-0.1, -0.05) is 24.3 Å². The number of benzene rings is 1. The van der Waals surface area contributed by atoms with Crippen LogP contribution in [0, 0.1) is 0 Å². The topological polar surface area (TPSA) is 26.3 Å². The minimum absolute atomic E-state index is 0.364. The van der Waals surface area contributed by atoms with Crippen molar-refractivity contribution in [2.45, 2.75) is 12.4 Å². The molecular formula is C10H12O2S. The number of carbonyl (C=O) groups is 1. The molecule has 0 atom stereocenters. The predicted octanol–water partition coefficient (Wildman–Crippen LogP) is 2.22. The molecular weight excluding hydrogens is 184 g/mol. The second-order valence-electron chi connectivity index (χ2n) is 2.66. The summed E-state index contributed by atoms with van der Waals surface area (Å²) in [6, 6.07) is 8.07. The average Bonchev–Trinajstić information content (AvgIpc) is 2.17. The van der Waals surface area contributed by atoms with Crippen molar-refractivity contribution < 1.29 is 9.53 Å². The highest BCUT2D eigenvalue weighted by Crippen LogP contribution is 2.10. The summed E-state index contributed by atoms with van der Waals surface area (Å²) in [7, 11) is 0. The molecule has 2 nitrogen and oxygen atoms in total. The molecule has 0 aliphatic carbocycles. The first-order valence-electron chi connectivity index (χ1n) is 3.99. The summed E-state index contributed by atoms with van der Waals surface area (Å²) in [6.45, 7) is 0.832. The lowest BCUT2D eigenvalue weighted by atomic mass is 10.2. The maximum absolute atomic E-state index is 9.92. The molecule has 0 saturated heterocycles. The van der Waals surface area contributed by atoms with Crippen LogP contribution in [-0.4, -0.2) is 12.7 Å². The fourth-order valence-electron chi connectivity index (χ4n) is 1.03. The van der Waals surface area contributed by atoms with Gasteiger partial charge in [0, 0.05) is 5.75 Å². The molecule has 0 aliphatic rings. The summed E-state index contributed by atoms with van der Waals surface area (Å²) in [5.41, 5.74) is 2.32. The van der Waals surface area contributed by atoms with Gasteiger partial charge in [0.25, 0.3) is 6.47 Å². The van der Waals surface area contributed by atoms with Crippen molar-refractivity contribution in [2.75, 3.05) is 6.26 Å². The van der Waals surface area contributed by atoms with Crippen molar-refractivity contribution >= 4 is 18.2 Å². The van der Waals surface area contributed by atoms with Crippen molar-refractivity contribution in [1.29, 1.82) is 0 Å². The van der Waals surface area contributed by atoms with Gasteiger partial charge in [0.15, 0.2) is 0 Å². The summed E-state index contributed by atoms with van der Waals surface area (Å²) in [4.78, 5) is 9.92. The zero-order chi connectivity index (χ0) is 9.52. The van der Waals surface area contributed by atoms with Crippen LogP contribution in [0.15, 0.2) is 24.3 Å². The Bertz CT molecular complexity index is 256. The largest absolute Gasteiger partial charge is 0.463 e. The molecule has 0 aromatic heterocycles. The third-order valence-electron chi connectivity index (χ3n) is 1.65. The van der Waals surface area contributed by atoms with Gasteiger partial charge in [0.1, 0.15) is 6.61 Å². The SMILES string of the molecule is CSCc1ccc(COC=O)cc1. The van der Waals surface area contributed by atoms with Gasteiger partial charge in [-0.3, -0.25) is 4.79 Å². The van der Waals surface area contributed by atoms with Crippen molar-refractivity contribution in [3.8, 4) is 0 Å². The molecule has 0 heterocycles. The molecule has 1 rings (SSSR count). The van der Waals surface area contributed by atoms with Crippen LogP contribution < -0.4 is 0 Å². The Hall–Kier alpha value is -0.960. The monoisotopic (exact) mass is 196 g/mol. The van der Waals surface area contributed by atoms with E-state index in [9.17, 15) is 4.79 Å². The Morgan fingerprint density at radius 2 is 1.92 bits per heavy atom. The van der Waals surface area contributed by atoms with Gasteiger partial charge in [0.2, 0.25) is 0 Å². The Balaban J connectivity index is 2.53. The molecule has 0 N–H and O–H groups in total. The Morgan fingerprint density at radius 1 is 1.31 bits per heavy atom. The Kier molecular flexibility index (Phi) is 4.40. The molecule has 13 heavy (non-hydrogen) atoms. The van der Waals surface area contributed by atoms with E-state index in [1.54, 1.807) is 11.8 Å². The van der Waals surface area contributed by atoms with Crippen LogP contribution in [0.4, 0.5) is 0 Å². The molecule has 0 fully saturated rings. The van der Waals surface area contributed by atoms with Crippen LogP contribution in [-0.2, 0) is 21.9 Å². The van der Waals surface area contributed by atoms with Gasteiger partial charge in [0.05, 0.1) is 0 Å². The molecule has 1 aromatic rings. The van der Waals surface area contributed by atoms with Crippen LogP contribution in [0.3, 0.4) is 0 Å². The van der Waals surface area contributed by atoms with E-state index in [0.29, 0.717) is 13.1 Å². The van der Waals surface area contributed by atoms with Crippen LogP contribution in [0.5, 0.6) is 0 Å². The third-order valence-corrected chi connectivity index (χ3v) is 2.27. The number of carbonyl (C=O) groups excluding carboxylic acids is 1. The molecule has 0 radical (unpaired) electrons. The van der Waals surface area contributed by atoms with E-state index >= 15 is 0 Å². The predicted molar refractivity (Wildman–Crippen MR) is 54.5 cm³/mol. The lowest BCUT2D eigenvalue weighted by Gasteiger charge is -2.01. The second-order valence-corrected chi connectivity index (χ2v) is 3.52. The highest BCUT2D eigenvalue weighted by molar-refractivity contribution is 7.97. The molecule has 0 spiro atoms. The molecule has 0 saturated carbocycles. The van der Waals surface area contributed by atoms with Crippen LogP contribution in [0.1, 0.15) is 11.1 Å². The number of ether oxygens (including phenoxy) is 1. The number of rotatable bonds is 5. The molecule has 0 amide bonds. The quantitative estimate of drug-likeness (QED) is 0.675. The third kappa shape index (κ3) is 3.51. The van der Waals surface area contributed by atoms with Crippen LogP contribution in [0.25, 0.3) is 0 Å². The summed E-state index contributed by atoms with van der Waals surface area (Å²) in [6.07, 6.45) is 2.07. The van der Waals surface area contributed by atoms with Crippen molar-refractivity contribution in [3.05, 3.63) is 35.4 Å². The van der Waals surface area contributed by atoms with E-state index in [0.717, 1.165) is 11.3 Å². The van der Waals surface area contributed by atoms with Crippen molar-refractivity contribution in [1.82, 2.24) is 0 Å². The summed E-state index contributed by atoms with van der Waals surface area (Å²) in [5, 5.41) is 0. The maximum atomic E-state index is 9.92. The maximum Gasteiger partial charge on any atom is 0.293 e. The lowest BCUT2D eigenvalue weighted by Crippen LogP contribution is -1.90. The van der Waals surface area contributed by atoms with Gasteiger partial charge in [-0.2, -0.15) is 11.8 Å². The zero-order valence-corrected chi connectivity index (χ0v) is 8.34. The van der Waals surface area contributed by atoms with Gasteiger partial charge in [-0.25, -0.2) is 0 Å². The fourth-order valence-corrected chi connectivity index (χ4v) is 1.55. The van der Waals surface area contributed by atoms with E-state index in [-0.39, 0.29) is 0 Å². The molecule has 0 bridgehead atoms. The second kappa shape index (κ2) is 5.65. The van der Waals surface area contributed by atoms with Gasteiger partial charge in [-0.05, 0) is 17.4 Å². The fraction of sp³-hybridized carbons (Fsp3) is 0.300. The summed E-state index contributed by atoms with van der Waals surface area (Å²) in [5.74, 6) is 1.02. The normalized spacial score (nSPS) is 9.62. The summed E-state index contributed by atoms with van der Waals surface area (Å²) >= 11 is 1.79. The minimum Gasteiger partial charge on any atom is -0.463 e. The molecule has 0 unspecified atom stereocenters. The molecule has 1 aromatic carbocycles. The number of thioether (sulfide) groups is 1. The number of hydrogen-bond donors (Lipinski definition) is 0. The van der Waals surface area contributed by atoms with Crippen molar-refractivity contribution in [2.24, 2.45) is 0 Å². The van der Waals surface area contributed by atoms with E-state index in [2.05, 4.69) is 23.1 Å². The number of hydrogen-bond acceptors (Lipinski definition) is 3. The van der Waals surface area contributed by atoms with E-state index in [1.165, 1.54) is 5.56 Å². The van der Waals surface area contributed by atoms with Gasteiger partial charge < -0.3 is 4.74 Å². The first-order valence-corrected chi connectivity index (χ1v) is 5.38. The lowest BCUT2D eigenvalue weighted by molar-refractivity contribution is -0.129. The zero-order valence-electron chi connectivity index (χ0n) is 7.53. The Labute approximate surface area is 82.3 Å². The van der Waals surface area contributed by atoms with Crippen LogP contribution in [0.2, 0.25) is 0 Å². The highest BCUT2D eigenvalue weighted by Gasteiger charge is 1.93. The van der Waals surface area contributed by atoms with E-state index < -0.39 is 0 Å². The average molecular weight is 196 g/mol. The molecule has 0 aliphatic heterocycles. The first-order chi connectivity index (χ1) is 6.36.